The van der Waals surface area contributed by atoms with E-state index >= 15 is 0 Å². The number of anilines is 1. The van der Waals surface area contributed by atoms with Gasteiger partial charge in [-0.3, -0.25) is 4.79 Å². The van der Waals surface area contributed by atoms with Crippen molar-refractivity contribution in [3.63, 3.8) is 0 Å². The van der Waals surface area contributed by atoms with E-state index in [1.807, 2.05) is 0 Å². The summed E-state index contributed by atoms with van der Waals surface area (Å²) in [4.78, 5) is 49.1. The van der Waals surface area contributed by atoms with Gasteiger partial charge in [0.05, 0.1) is 10.6 Å². The van der Waals surface area contributed by atoms with Gasteiger partial charge in [0.25, 0.3) is 0 Å². The molecule has 0 spiro atoms. The number of esters is 2. The Morgan fingerprint density at radius 1 is 0.917 bits per heavy atom. The highest BCUT2D eigenvalue weighted by atomic mass is 35.5. The van der Waals surface area contributed by atoms with Gasteiger partial charge in [0, 0.05) is 17.7 Å². The molecular formula is C26H27ClN2O7. The second-order valence-corrected chi connectivity index (χ2v) is 7.71. The Bertz CT molecular complexity index is 1100. The normalized spacial score (nSPS) is 10.9. The van der Waals surface area contributed by atoms with Gasteiger partial charge < -0.3 is 24.8 Å². The molecule has 0 aliphatic rings. The average Bonchev–Trinajstić information content (AvgIpc) is 2.87. The van der Waals surface area contributed by atoms with Crippen molar-refractivity contribution in [1.82, 2.24) is 5.32 Å². The van der Waals surface area contributed by atoms with Crippen LogP contribution < -0.4 is 10.6 Å². The lowest BCUT2D eigenvalue weighted by Gasteiger charge is -2.17. The van der Waals surface area contributed by atoms with Crippen LogP contribution in [0.25, 0.3) is 0 Å². The van der Waals surface area contributed by atoms with E-state index in [2.05, 4.69) is 23.8 Å². The lowest BCUT2D eigenvalue weighted by Crippen LogP contribution is -2.42. The number of carbonyl (C=O) groups is 4. The highest BCUT2D eigenvalue weighted by Gasteiger charge is 2.24. The summed E-state index contributed by atoms with van der Waals surface area (Å²) in [6.45, 7) is 6.71. The fraction of sp³-hybridized carbons (Fsp3) is 0.231. The summed E-state index contributed by atoms with van der Waals surface area (Å²) < 4.78 is 15.2. The summed E-state index contributed by atoms with van der Waals surface area (Å²) >= 11 is 6.03. The third-order valence-corrected chi connectivity index (χ3v) is 4.99. The van der Waals surface area contributed by atoms with Crippen LogP contribution >= 0.6 is 11.6 Å². The molecule has 0 heterocycles. The number of nitrogens with one attached hydrogen (secondary N) is 2. The van der Waals surface area contributed by atoms with Crippen LogP contribution in [0.1, 0.15) is 28.8 Å². The van der Waals surface area contributed by atoms with E-state index in [1.54, 1.807) is 48.5 Å². The maximum atomic E-state index is 12.6. The van der Waals surface area contributed by atoms with Gasteiger partial charge in [0.2, 0.25) is 5.91 Å². The number of para-hydroxylation sites is 1. The van der Waals surface area contributed by atoms with E-state index in [-0.39, 0.29) is 43.2 Å². The van der Waals surface area contributed by atoms with Crippen molar-refractivity contribution in [2.75, 3.05) is 18.5 Å². The lowest BCUT2D eigenvalue weighted by molar-refractivity contribution is -0.145. The zero-order valence-electron chi connectivity index (χ0n) is 19.5. The van der Waals surface area contributed by atoms with Gasteiger partial charge in [-0.1, -0.05) is 67.2 Å². The quantitative estimate of drug-likeness (QED) is 0.230. The third kappa shape index (κ3) is 9.27. The zero-order valence-corrected chi connectivity index (χ0v) is 20.3. The van der Waals surface area contributed by atoms with E-state index in [1.165, 1.54) is 12.2 Å². The van der Waals surface area contributed by atoms with E-state index in [4.69, 9.17) is 25.8 Å². The second kappa shape index (κ2) is 15.0. The molecule has 2 aromatic rings. The van der Waals surface area contributed by atoms with Gasteiger partial charge >= 0.3 is 18.0 Å². The van der Waals surface area contributed by atoms with E-state index < -0.39 is 30.0 Å². The van der Waals surface area contributed by atoms with Gasteiger partial charge in [0.1, 0.15) is 25.9 Å². The minimum absolute atomic E-state index is 0.0431. The second-order valence-electron chi connectivity index (χ2n) is 7.30. The maximum absolute atomic E-state index is 12.6. The number of amides is 2. The number of carbonyl (C=O) groups excluding carboxylic acids is 4. The number of alkyl carbamates (subject to hydrolysis) is 1. The number of halogens is 1. The first-order valence-electron chi connectivity index (χ1n) is 11.0. The van der Waals surface area contributed by atoms with Crippen LogP contribution in [0.4, 0.5) is 10.5 Å². The molecule has 0 fully saturated rings. The topological polar surface area (TPSA) is 120 Å². The molecule has 0 unspecified atom stereocenters. The summed E-state index contributed by atoms with van der Waals surface area (Å²) in [7, 11) is 0. The maximum Gasteiger partial charge on any atom is 0.408 e. The number of rotatable bonds is 13. The molecule has 2 amide bonds. The highest BCUT2D eigenvalue weighted by molar-refractivity contribution is 6.33. The molecule has 36 heavy (non-hydrogen) atoms. The third-order valence-electron chi connectivity index (χ3n) is 4.66. The molecular weight excluding hydrogens is 488 g/mol. The van der Waals surface area contributed by atoms with Crippen molar-refractivity contribution in [2.45, 2.75) is 25.5 Å². The first kappa shape index (κ1) is 28.1. The smallest absolute Gasteiger partial charge is 0.408 e. The summed E-state index contributed by atoms with van der Waals surface area (Å²) in [5, 5.41) is 5.38. The molecule has 0 saturated carbocycles. The Morgan fingerprint density at radius 3 is 2.31 bits per heavy atom. The number of hydrogen-bond acceptors (Lipinski definition) is 7. The molecule has 0 aliphatic carbocycles. The van der Waals surface area contributed by atoms with E-state index in [0.717, 1.165) is 0 Å². The molecule has 2 rings (SSSR count). The minimum Gasteiger partial charge on any atom is -0.460 e. The Balaban J connectivity index is 1.98. The van der Waals surface area contributed by atoms with Crippen LogP contribution in [0.3, 0.4) is 0 Å². The monoisotopic (exact) mass is 514 g/mol. The van der Waals surface area contributed by atoms with Gasteiger partial charge in [-0.05, 0) is 24.6 Å². The van der Waals surface area contributed by atoms with Crippen LogP contribution in [-0.2, 0) is 30.4 Å². The first-order valence-corrected chi connectivity index (χ1v) is 11.3. The van der Waals surface area contributed by atoms with Crippen molar-refractivity contribution < 1.29 is 33.4 Å². The molecule has 0 saturated heterocycles. The highest BCUT2D eigenvalue weighted by Crippen LogP contribution is 2.20. The summed E-state index contributed by atoms with van der Waals surface area (Å²) in [6, 6.07) is 12.2. The summed E-state index contributed by atoms with van der Waals surface area (Å²) in [5.41, 5.74) is 1.21. The predicted molar refractivity (Wildman–Crippen MR) is 135 cm³/mol. The SMILES string of the molecule is C=CCOC(=O)N[C@@H](CCC(=O)Nc1ccccc1COC(=O)c1ccccc1Cl)C(=O)OCC=C. The summed E-state index contributed by atoms with van der Waals surface area (Å²) in [6.07, 6.45) is 1.74. The first-order chi connectivity index (χ1) is 17.3. The molecule has 0 aromatic heterocycles. The summed E-state index contributed by atoms with van der Waals surface area (Å²) in [5.74, 6) is -1.76. The predicted octanol–water partition coefficient (Wildman–Crippen LogP) is 4.43. The molecule has 10 heteroatoms. The van der Waals surface area contributed by atoms with E-state index in [9.17, 15) is 19.2 Å². The fourth-order valence-corrected chi connectivity index (χ4v) is 3.13. The van der Waals surface area contributed by atoms with Crippen molar-refractivity contribution in [1.29, 1.82) is 0 Å². The number of benzene rings is 2. The van der Waals surface area contributed by atoms with Crippen LogP contribution in [0.15, 0.2) is 73.8 Å². The largest absolute Gasteiger partial charge is 0.460 e. The van der Waals surface area contributed by atoms with Gasteiger partial charge in [-0.15, -0.1) is 0 Å². The molecule has 2 N–H and O–H groups in total. The minimum atomic E-state index is -1.11. The Morgan fingerprint density at radius 2 is 1.58 bits per heavy atom. The Labute approximate surface area is 214 Å². The van der Waals surface area contributed by atoms with Crippen molar-refractivity contribution in [3.05, 3.63) is 90.0 Å². The van der Waals surface area contributed by atoms with Crippen LogP contribution in [0.5, 0.6) is 0 Å². The van der Waals surface area contributed by atoms with Crippen molar-refractivity contribution in [3.8, 4) is 0 Å². The Kier molecular flexibility index (Phi) is 11.7. The lowest BCUT2D eigenvalue weighted by atomic mass is 10.1. The molecule has 0 radical (unpaired) electrons. The molecule has 1 atom stereocenters. The molecule has 0 aliphatic heterocycles. The number of ether oxygens (including phenoxy) is 3. The van der Waals surface area contributed by atoms with Crippen molar-refractivity contribution in [2.24, 2.45) is 0 Å². The molecule has 190 valence electrons. The van der Waals surface area contributed by atoms with Crippen molar-refractivity contribution >= 4 is 41.2 Å². The standard InChI is InChI=1S/C26H27ClN2O7/c1-3-15-34-25(32)22(29-26(33)35-16-4-2)13-14-23(30)28-21-12-8-5-9-18(21)17-36-24(31)19-10-6-7-11-20(19)27/h3-12,22H,1-2,13-17H2,(H,28,30)(H,29,33)/t22-/m0/s1. The van der Waals surface area contributed by atoms with Gasteiger partial charge in [-0.25, -0.2) is 14.4 Å². The number of hydrogen-bond donors (Lipinski definition) is 2. The van der Waals surface area contributed by atoms with Crippen LogP contribution in [0, 0.1) is 0 Å². The van der Waals surface area contributed by atoms with Crippen LogP contribution in [0.2, 0.25) is 5.02 Å². The zero-order chi connectivity index (χ0) is 26.3. The average molecular weight is 515 g/mol. The van der Waals surface area contributed by atoms with Gasteiger partial charge in [0.15, 0.2) is 0 Å². The molecule has 0 bridgehead atoms. The van der Waals surface area contributed by atoms with E-state index in [0.29, 0.717) is 11.3 Å². The van der Waals surface area contributed by atoms with Crippen LogP contribution in [-0.4, -0.2) is 43.2 Å². The molecule has 9 nitrogen and oxygen atoms in total. The fourth-order valence-electron chi connectivity index (χ4n) is 2.91. The molecule has 2 aromatic carbocycles. The van der Waals surface area contributed by atoms with Gasteiger partial charge in [-0.2, -0.15) is 0 Å². The Hall–Kier alpha value is -4.11.